The second-order valence-electron chi connectivity index (χ2n) is 6.65. The van der Waals surface area contributed by atoms with Crippen molar-refractivity contribution in [1.29, 1.82) is 5.26 Å². The number of carboxylic acid groups (broad SMARTS) is 1. The topological polar surface area (TPSA) is 123 Å². The highest BCUT2D eigenvalue weighted by Gasteiger charge is 2.13. The molecule has 0 aromatic heterocycles. The van der Waals surface area contributed by atoms with Crippen LogP contribution in [0.5, 0.6) is 11.5 Å². The maximum Gasteiger partial charge on any atom is 0.335 e. The molecule has 3 rings (SSSR count). The average Bonchev–Trinajstić information content (AvgIpc) is 2.81. The second-order valence-corrected chi connectivity index (χ2v) is 6.65. The van der Waals surface area contributed by atoms with E-state index in [9.17, 15) is 20.2 Å². The number of aromatic carboxylic acids is 1. The van der Waals surface area contributed by atoms with E-state index in [0.717, 1.165) is 0 Å². The smallest absolute Gasteiger partial charge is 0.335 e. The first-order valence-corrected chi connectivity index (χ1v) is 9.41. The van der Waals surface area contributed by atoms with Crippen molar-refractivity contribution >= 4 is 23.3 Å². The van der Waals surface area contributed by atoms with E-state index in [0.29, 0.717) is 28.2 Å². The van der Waals surface area contributed by atoms with Crippen LogP contribution in [0.4, 0.5) is 5.69 Å². The van der Waals surface area contributed by atoms with Crippen molar-refractivity contribution < 1.29 is 24.3 Å². The molecule has 32 heavy (non-hydrogen) atoms. The van der Waals surface area contributed by atoms with Crippen LogP contribution in [0.15, 0.2) is 66.7 Å². The third-order valence-corrected chi connectivity index (χ3v) is 4.60. The lowest BCUT2D eigenvalue weighted by Crippen LogP contribution is -2.02. The zero-order chi connectivity index (χ0) is 23.1. The van der Waals surface area contributed by atoms with Crippen LogP contribution in [-0.4, -0.2) is 23.1 Å². The lowest BCUT2D eigenvalue weighted by molar-refractivity contribution is -0.384. The van der Waals surface area contributed by atoms with E-state index in [1.54, 1.807) is 36.4 Å². The summed E-state index contributed by atoms with van der Waals surface area (Å²) in [5, 5.41) is 29.7. The molecular formula is C24H18N2O6. The molecule has 0 heterocycles. The number of para-hydroxylation sites is 1. The van der Waals surface area contributed by atoms with E-state index in [2.05, 4.69) is 6.07 Å². The summed E-state index contributed by atoms with van der Waals surface area (Å²) in [6.07, 6.45) is 1.60. The van der Waals surface area contributed by atoms with Gasteiger partial charge in [0.1, 0.15) is 6.61 Å². The van der Waals surface area contributed by atoms with Crippen LogP contribution >= 0.6 is 0 Å². The molecule has 0 saturated heterocycles. The normalized spacial score (nSPS) is 10.8. The monoisotopic (exact) mass is 430 g/mol. The van der Waals surface area contributed by atoms with E-state index in [1.807, 2.05) is 0 Å². The second kappa shape index (κ2) is 9.91. The Bertz CT molecular complexity index is 1230. The number of hydrogen-bond acceptors (Lipinski definition) is 6. The fourth-order valence-corrected chi connectivity index (χ4v) is 3.01. The predicted molar refractivity (Wildman–Crippen MR) is 117 cm³/mol. The molecule has 0 aliphatic carbocycles. The van der Waals surface area contributed by atoms with Gasteiger partial charge in [-0.1, -0.05) is 24.3 Å². The number of non-ortho nitro benzene ring substituents is 1. The van der Waals surface area contributed by atoms with Crippen LogP contribution < -0.4 is 9.47 Å². The van der Waals surface area contributed by atoms with Crippen LogP contribution in [0, 0.1) is 21.4 Å². The number of hydrogen-bond donors (Lipinski definition) is 1. The first kappa shape index (κ1) is 22.1. The van der Waals surface area contributed by atoms with Crippen molar-refractivity contribution in [3.63, 3.8) is 0 Å². The van der Waals surface area contributed by atoms with Crippen molar-refractivity contribution in [2.24, 2.45) is 0 Å². The molecule has 0 spiro atoms. The van der Waals surface area contributed by atoms with Crippen LogP contribution in [0.3, 0.4) is 0 Å². The summed E-state index contributed by atoms with van der Waals surface area (Å²) in [6, 6.07) is 19.4. The highest BCUT2D eigenvalue weighted by atomic mass is 16.6. The Morgan fingerprint density at radius 1 is 1.12 bits per heavy atom. The van der Waals surface area contributed by atoms with Gasteiger partial charge in [0.15, 0.2) is 11.5 Å². The van der Waals surface area contributed by atoms with Gasteiger partial charge in [-0.05, 0) is 47.5 Å². The van der Waals surface area contributed by atoms with Crippen LogP contribution in [0.1, 0.15) is 27.0 Å². The molecule has 0 radical (unpaired) electrons. The minimum atomic E-state index is -1.03. The molecule has 8 heteroatoms. The molecular weight excluding hydrogens is 412 g/mol. The summed E-state index contributed by atoms with van der Waals surface area (Å²) in [5.41, 5.74) is 2.10. The number of nitro benzene ring substituents is 1. The molecule has 8 nitrogen and oxygen atoms in total. The van der Waals surface area contributed by atoms with E-state index in [1.165, 1.54) is 43.5 Å². The van der Waals surface area contributed by atoms with Gasteiger partial charge in [0.25, 0.3) is 5.69 Å². The Balaban J connectivity index is 1.94. The predicted octanol–water partition coefficient (Wildman–Crippen LogP) is 4.94. The van der Waals surface area contributed by atoms with E-state index < -0.39 is 10.9 Å². The number of nitro groups is 1. The van der Waals surface area contributed by atoms with Crippen molar-refractivity contribution in [3.8, 4) is 17.6 Å². The lowest BCUT2D eigenvalue weighted by atomic mass is 10.0. The minimum absolute atomic E-state index is 0.0694. The lowest BCUT2D eigenvalue weighted by Gasteiger charge is -2.14. The summed E-state index contributed by atoms with van der Waals surface area (Å²) in [6.45, 7) is 0.0851. The first-order valence-electron chi connectivity index (χ1n) is 9.41. The fourth-order valence-electron chi connectivity index (χ4n) is 3.01. The van der Waals surface area contributed by atoms with Crippen molar-refractivity contribution in [2.75, 3.05) is 7.11 Å². The summed E-state index contributed by atoms with van der Waals surface area (Å²) < 4.78 is 11.3. The standard InChI is InChI=1S/C24H18N2O6/c1-31-22-7-3-5-18(13-20(14-25)17-8-10-21(11-9-17)26(29)30)23(22)32-15-16-4-2-6-19(12-16)24(27)28/h2-13H,15H2,1H3,(H,27,28)/b20-13-. The van der Waals surface area contributed by atoms with Crippen molar-refractivity contribution in [1.82, 2.24) is 0 Å². The molecule has 0 aliphatic rings. The van der Waals surface area contributed by atoms with Crippen LogP contribution in [-0.2, 0) is 6.61 Å². The van der Waals surface area contributed by atoms with Crippen LogP contribution in [0.2, 0.25) is 0 Å². The number of nitriles is 1. The largest absolute Gasteiger partial charge is 0.493 e. The van der Waals surface area contributed by atoms with Gasteiger partial charge >= 0.3 is 5.97 Å². The van der Waals surface area contributed by atoms with Gasteiger partial charge in [-0.15, -0.1) is 0 Å². The van der Waals surface area contributed by atoms with Gasteiger partial charge in [0, 0.05) is 17.7 Å². The van der Waals surface area contributed by atoms with Gasteiger partial charge in [-0.3, -0.25) is 10.1 Å². The zero-order valence-electron chi connectivity index (χ0n) is 17.0. The van der Waals surface area contributed by atoms with Gasteiger partial charge in [0.2, 0.25) is 0 Å². The number of allylic oxidation sites excluding steroid dienone is 1. The highest BCUT2D eigenvalue weighted by Crippen LogP contribution is 2.34. The molecule has 3 aromatic carbocycles. The quantitative estimate of drug-likeness (QED) is 0.232. The Morgan fingerprint density at radius 3 is 2.47 bits per heavy atom. The van der Waals surface area contributed by atoms with E-state index in [4.69, 9.17) is 14.6 Å². The average molecular weight is 430 g/mol. The SMILES string of the molecule is COc1cccc(/C=C(/C#N)c2ccc([N+](=O)[O-])cc2)c1OCc1cccc(C(=O)O)c1. The third-order valence-electron chi connectivity index (χ3n) is 4.60. The molecule has 0 aliphatic heterocycles. The van der Waals surface area contributed by atoms with Gasteiger partial charge in [0.05, 0.1) is 29.2 Å². The Hall–Kier alpha value is -4.64. The maximum absolute atomic E-state index is 11.2. The number of rotatable bonds is 8. The van der Waals surface area contributed by atoms with Crippen LogP contribution in [0.25, 0.3) is 11.6 Å². The minimum Gasteiger partial charge on any atom is -0.493 e. The number of methoxy groups -OCH3 is 1. The molecule has 0 atom stereocenters. The van der Waals surface area contributed by atoms with Gasteiger partial charge < -0.3 is 14.6 Å². The van der Waals surface area contributed by atoms with Crippen molar-refractivity contribution in [3.05, 3.63) is 99.1 Å². The number of benzene rings is 3. The molecule has 0 amide bonds. The summed E-state index contributed by atoms with van der Waals surface area (Å²) >= 11 is 0. The third kappa shape index (κ3) is 5.09. The Kier molecular flexibility index (Phi) is 6.83. The number of ether oxygens (including phenoxy) is 2. The molecule has 3 aromatic rings. The highest BCUT2D eigenvalue weighted by molar-refractivity contribution is 5.91. The first-order chi connectivity index (χ1) is 15.4. The summed E-state index contributed by atoms with van der Waals surface area (Å²) in [7, 11) is 1.49. The molecule has 160 valence electrons. The molecule has 0 bridgehead atoms. The summed E-state index contributed by atoms with van der Waals surface area (Å²) in [5.74, 6) is -0.214. The zero-order valence-corrected chi connectivity index (χ0v) is 17.0. The number of carboxylic acids is 1. The maximum atomic E-state index is 11.2. The number of carbonyl (C=O) groups is 1. The van der Waals surface area contributed by atoms with E-state index >= 15 is 0 Å². The van der Waals surface area contributed by atoms with Gasteiger partial charge in [-0.25, -0.2) is 4.79 Å². The molecule has 0 fully saturated rings. The Morgan fingerprint density at radius 2 is 1.84 bits per heavy atom. The Labute approximate surface area is 183 Å². The van der Waals surface area contributed by atoms with Gasteiger partial charge in [-0.2, -0.15) is 5.26 Å². The molecule has 1 N–H and O–H groups in total. The molecule has 0 unspecified atom stereocenters. The van der Waals surface area contributed by atoms with E-state index in [-0.39, 0.29) is 23.4 Å². The van der Waals surface area contributed by atoms with Crippen molar-refractivity contribution in [2.45, 2.75) is 6.61 Å². The number of nitrogens with zero attached hydrogens (tertiary/aromatic N) is 2. The fraction of sp³-hybridized carbons (Fsp3) is 0.0833. The molecule has 0 saturated carbocycles. The summed E-state index contributed by atoms with van der Waals surface area (Å²) in [4.78, 5) is 21.6.